The van der Waals surface area contributed by atoms with E-state index >= 15 is 0 Å². The van der Waals surface area contributed by atoms with Gasteiger partial charge in [-0.05, 0) is 7.05 Å². The number of hydrogen-bond donors (Lipinski definition) is 1. The number of hydrogen-bond acceptors (Lipinski definition) is 4. The lowest BCUT2D eigenvalue weighted by molar-refractivity contribution is 0.255. The first-order valence-corrected chi connectivity index (χ1v) is 5.70. The van der Waals surface area contributed by atoms with Gasteiger partial charge in [-0.25, -0.2) is 0 Å². The minimum absolute atomic E-state index is 0.456. The average molecular weight is 239 g/mol. The summed E-state index contributed by atoms with van der Waals surface area (Å²) in [6, 6.07) is 5.53. The third-order valence-corrected chi connectivity index (χ3v) is 2.41. The standard InChI is InChI=1S/C13H21NO3/c1-10(8-14-2)9-17-13-6-11(15-3)5-12(7-13)16-4/h5-7,10,14H,8-9H2,1-4H3. The number of methoxy groups -OCH3 is 2. The lowest BCUT2D eigenvalue weighted by atomic mass is 10.2. The molecule has 0 aliphatic rings. The average Bonchev–Trinajstić information content (AvgIpc) is 2.36. The van der Waals surface area contributed by atoms with E-state index in [0.29, 0.717) is 12.5 Å². The van der Waals surface area contributed by atoms with Crippen LogP contribution < -0.4 is 19.5 Å². The van der Waals surface area contributed by atoms with E-state index in [9.17, 15) is 0 Å². The lowest BCUT2D eigenvalue weighted by Gasteiger charge is -2.14. The van der Waals surface area contributed by atoms with Gasteiger partial charge in [-0.15, -0.1) is 0 Å². The van der Waals surface area contributed by atoms with Gasteiger partial charge in [0.25, 0.3) is 0 Å². The molecule has 0 radical (unpaired) electrons. The van der Waals surface area contributed by atoms with Crippen LogP contribution in [-0.2, 0) is 0 Å². The molecular weight excluding hydrogens is 218 g/mol. The van der Waals surface area contributed by atoms with Crippen LogP contribution in [0.5, 0.6) is 17.2 Å². The van der Waals surface area contributed by atoms with Crippen molar-refractivity contribution in [3.05, 3.63) is 18.2 Å². The Hall–Kier alpha value is -1.42. The molecule has 1 rings (SSSR count). The van der Waals surface area contributed by atoms with Gasteiger partial charge >= 0.3 is 0 Å². The minimum Gasteiger partial charge on any atom is -0.496 e. The first-order chi connectivity index (χ1) is 8.19. The molecule has 1 unspecified atom stereocenters. The van der Waals surface area contributed by atoms with E-state index in [2.05, 4.69) is 12.2 Å². The summed E-state index contributed by atoms with van der Waals surface area (Å²) < 4.78 is 16.1. The summed E-state index contributed by atoms with van der Waals surface area (Å²) in [5.74, 6) is 2.70. The Kier molecular flexibility index (Phi) is 5.63. The second-order valence-electron chi connectivity index (χ2n) is 4.02. The highest BCUT2D eigenvalue weighted by atomic mass is 16.5. The van der Waals surface area contributed by atoms with Crippen molar-refractivity contribution in [2.24, 2.45) is 5.92 Å². The van der Waals surface area contributed by atoms with Gasteiger partial charge in [0.1, 0.15) is 17.2 Å². The number of rotatable bonds is 7. The third kappa shape index (κ3) is 4.53. The highest BCUT2D eigenvalue weighted by Gasteiger charge is 2.05. The van der Waals surface area contributed by atoms with Crippen molar-refractivity contribution < 1.29 is 14.2 Å². The molecular formula is C13H21NO3. The maximum atomic E-state index is 5.71. The first kappa shape index (κ1) is 13.6. The normalized spacial score (nSPS) is 12.0. The Morgan fingerprint density at radius 2 is 1.59 bits per heavy atom. The Morgan fingerprint density at radius 3 is 2.06 bits per heavy atom. The van der Waals surface area contributed by atoms with E-state index in [-0.39, 0.29) is 0 Å². The highest BCUT2D eigenvalue weighted by molar-refractivity contribution is 5.41. The summed E-state index contributed by atoms with van der Waals surface area (Å²) in [5.41, 5.74) is 0. The molecule has 0 saturated carbocycles. The van der Waals surface area contributed by atoms with Crippen molar-refractivity contribution in [2.75, 3.05) is 34.4 Å². The molecule has 0 fully saturated rings. The first-order valence-electron chi connectivity index (χ1n) is 5.70. The van der Waals surface area contributed by atoms with Crippen molar-refractivity contribution in [2.45, 2.75) is 6.92 Å². The van der Waals surface area contributed by atoms with Crippen LogP contribution in [0.3, 0.4) is 0 Å². The molecule has 96 valence electrons. The highest BCUT2D eigenvalue weighted by Crippen LogP contribution is 2.27. The zero-order chi connectivity index (χ0) is 12.7. The molecule has 17 heavy (non-hydrogen) atoms. The predicted molar refractivity (Wildman–Crippen MR) is 68.1 cm³/mol. The maximum absolute atomic E-state index is 5.71. The third-order valence-electron chi connectivity index (χ3n) is 2.41. The van der Waals surface area contributed by atoms with E-state index in [1.165, 1.54) is 0 Å². The van der Waals surface area contributed by atoms with Crippen LogP contribution in [0.25, 0.3) is 0 Å². The molecule has 0 bridgehead atoms. The Bertz CT molecular complexity index is 319. The molecule has 1 aromatic rings. The fraction of sp³-hybridized carbons (Fsp3) is 0.538. The topological polar surface area (TPSA) is 39.7 Å². The van der Waals surface area contributed by atoms with Gasteiger partial charge < -0.3 is 19.5 Å². The van der Waals surface area contributed by atoms with E-state index in [0.717, 1.165) is 23.8 Å². The molecule has 0 heterocycles. The molecule has 0 aliphatic carbocycles. The van der Waals surface area contributed by atoms with E-state index in [1.54, 1.807) is 14.2 Å². The molecule has 0 aliphatic heterocycles. The van der Waals surface area contributed by atoms with Gasteiger partial charge in [0, 0.05) is 30.7 Å². The van der Waals surface area contributed by atoms with Crippen LogP contribution in [0, 0.1) is 5.92 Å². The predicted octanol–water partition coefficient (Wildman–Crippen LogP) is 1.94. The van der Waals surface area contributed by atoms with Crippen LogP contribution in [0.1, 0.15) is 6.92 Å². The van der Waals surface area contributed by atoms with Crippen molar-refractivity contribution in [1.82, 2.24) is 5.32 Å². The molecule has 1 atom stereocenters. The molecule has 0 amide bonds. The summed E-state index contributed by atoms with van der Waals surface area (Å²) in [4.78, 5) is 0. The Morgan fingerprint density at radius 1 is 1.06 bits per heavy atom. The summed E-state index contributed by atoms with van der Waals surface area (Å²) in [5, 5.41) is 3.12. The van der Waals surface area contributed by atoms with Gasteiger partial charge in [0.2, 0.25) is 0 Å². The molecule has 0 saturated heterocycles. The van der Waals surface area contributed by atoms with Crippen molar-refractivity contribution in [1.29, 1.82) is 0 Å². The summed E-state index contributed by atoms with van der Waals surface area (Å²) in [6.07, 6.45) is 0. The zero-order valence-corrected chi connectivity index (χ0v) is 10.9. The van der Waals surface area contributed by atoms with Gasteiger partial charge in [-0.1, -0.05) is 6.92 Å². The molecule has 1 N–H and O–H groups in total. The number of nitrogens with one attached hydrogen (secondary N) is 1. The van der Waals surface area contributed by atoms with Crippen LogP contribution in [0.4, 0.5) is 0 Å². The van der Waals surface area contributed by atoms with Crippen molar-refractivity contribution in [3.8, 4) is 17.2 Å². The van der Waals surface area contributed by atoms with Crippen LogP contribution >= 0.6 is 0 Å². The van der Waals surface area contributed by atoms with Gasteiger partial charge in [0.15, 0.2) is 0 Å². The minimum atomic E-state index is 0.456. The van der Waals surface area contributed by atoms with Crippen molar-refractivity contribution >= 4 is 0 Å². The van der Waals surface area contributed by atoms with Gasteiger partial charge in [0.05, 0.1) is 20.8 Å². The SMILES string of the molecule is CNCC(C)COc1cc(OC)cc(OC)c1. The largest absolute Gasteiger partial charge is 0.496 e. The van der Waals surface area contributed by atoms with E-state index in [1.807, 2.05) is 25.2 Å². The summed E-state index contributed by atoms with van der Waals surface area (Å²) in [6.45, 7) is 3.73. The number of benzene rings is 1. The van der Waals surface area contributed by atoms with Crippen LogP contribution in [0.2, 0.25) is 0 Å². The molecule has 0 spiro atoms. The smallest absolute Gasteiger partial charge is 0.126 e. The quantitative estimate of drug-likeness (QED) is 0.789. The van der Waals surface area contributed by atoms with E-state index < -0.39 is 0 Å². The molecule has 4 nitrogen and oxygen atoms in total. The second-order valence-corrected chi connectivity index (χ2v) is 4.02. The fourth-order valence-corrected chi connectivity index (χ4v) is 1.51. The number of ether oxygens (including phenoxy) is 3. The summed E-state index contributed by atoms with van der Waals surface area (Å²) in [7, 11) is 5.19. The Balaban J connectivity index is 2.63. The van der Waals surface area contributed by atoms with Gasteiger partial charge in [-0.2, -0.15) is 0 Å². The lowest BCUT2D eigenvalue weighted by Crippen LogP contribution is -2.21. The second kappa shape index (κ2) is 7.01. The monoisotopic (exact) mass is 239 g/mol. The Labute approximate surface area is 103 Å². The summed E-state index contributed by atoms with van der Waals surface area (Å²) >= 11 is 0. The van der Waals surface area contributed by atoms with Crippen LogP contribution in [0.15, 0.2) is 18.2 Å². The van der Waals surface area contributed by atoms with Gasteiger partial charge in [-0.3, -0.25) is 0 Å². The maximum Gasteiger partial charge on any atom is 0.126 e. The molecule has 0 aromatic heterocycles. The van der Waals surface area contributed by atoms with Crippen molar-refractivity contribution in [3.63, 3.8) is 0 Å². The van der Waals surface area contributed by atoms with Crippen LogP contribution in [-0.4, -0.2) is 34.4 Å². The fourth-order valence-electron chi connectivity index (χ4n) is 1.51. The van der Waals surface area contributed by atoms with E-state index in [4.69, 9.17) is 14.2 Å². The molecule has 1 aromatic carbocycles. The zero-order valence-electron chi connectivity index (χ0n) is 10.9. The molecule has 4 heteroatoms.